The summed E-state index contributed by atoms with van der Waals surface area (Å²) < 4.78 is 25.2. The number of nitrogens with two attached hydrogens (primary N) is 1. The van der Waals surface area contributed by atoms with Crippen LogP contribution in [0.4, 0.5) is 4.39 Å². The number of halogens is 2. The molecule has 0 amide bonds. The summed E-state index contributed by atoms with van der Waals surface area (Å²) in [7, 11) is 3.11. The van der Waals surface area contributed by atoms with Crippen LogP contribution in [0.25, 0.3) is 0 Å². The van der Waals surface area contributed by atoms with Crippen molar-refractivity contribution < 1.29 is 13.9 Å². The van der Waals surface area contributed by atoms with Gasteiger partial charge in [0.15, 0.2) is 11.5 Å². The van der Waals surface area contributed by atoms with Crippen LogP contribution in [0.2, 0.25) is 0 Å². The van der Waals surface area contributed by atoms with Gasteiger partial charge in [0.1, 0.15) is 5.82 Å². The van der Waals surface area contributed by atoms with Crippen LogP contribution in [0.15, 0.2) is 40.9 Å². The molecule has 1 unspecified atom stereocenters. The summed E-state index contributed by atoms with van der Waals surface area (Å²) in [6.45, 7) is 0. The molecule has 112 valence electrons. The van der Waals surface area contributed by atoms with E-state index < -0.39 is 6.04 Å². The summed E-state index contributed by atoms with van der Waals surface area (Å²) in [4.78, 5) is 0. The molecular weight excluding hydrogens is 339 g/mol. The lowest BCUT2D eigenvalue weighted by atomic mass is 9.98. The van der Waals surface area contributed by atoms with Gasteiger partial charge in [0.25, 0.3) is 0 Å². The molecule has 2 aromatic carbocycles. The van der Waals surface area contributed by atoms with Gasteiger partial charge >= 0.3 is 0 Å². The van der Waals surface area contributed by atoms with Gasteiger partial charge < -0.3 is 9.47 Å². The zero-order valence-electron chi connectivity index (χ0n) is 11.7. The molecule has 0 aliphatic heterocycles. The molecule has 0 saturated heterocycles. The van der Waals surface area contributed by atoms with Gasteiger partial charge in [-0.3, -0.25) is 5.84 Å². The van der Waals surface area contributed by atoms with Crippen molar-refractivity contribution in [3.05, 3.63) is 57.8 Å². The largest absolute Gasteiger partial charge is 0.493 e. The molecule has 0 saturated carbocycles. The fraction of sp³-hybridized carbons (Fsp3) is 0.200. The first-order chi connectivity index (χ1) is 10.1. The van der Waals surface area contributed by atoms with Crippen molar-refractivity contribution in [2.75, 3.05) is 14.2 Å². The van der Waals surface area contributed by atoms with Gasteiger partial charge in [-0.15, -0.1) is 0 Å². The molecule has 21 heavy (non-hydrogen) atoms. The third-order valence-electron chi connectivity index (χ3n) is 3.18. The van der Waals surface area contributed by atoms with Crippen LogP contribution >= 0.6 is 15.9 Å². The minimum Gasteiger partial charge on any atom is -0.493 e. The Balaban J connectivity index is 2.46. The molecule has 0 fully saturated rings. The Morgan fingerprint density at radius 3 is 2.38 bits per heavy atom. The number of methoxy groups -OCH3 is 2. The zero-order chi connectivity index (χ0) is 15.4. The van der Waals surface area contributed by atoms with Gasteiger partial charge in [-0.1, -0.05) is 28.1 Å². The average Bonchev–Trinajstić information content (AvgIpc) is 2.49. The van der Waals surface area contributed by atoms with Crippen LogP contribution in [-0.4, -0.2) is 14.2 Å². The summed E-state index contributed by atoms with van der Waals surface area (Å²) in [5.41, 5.74) is 3.86. The fourth-order valence-electron chi connectivity index (χ4n) is 2.13. The molecule has 4 nitrogen and oxygen atoms in total. The van der Waals surface area contributed by atoms with Crippen molar-refractivity contribution in [3.63, 3.8) is 0 Å². The summed E-state index contributed by atoms with van der Waals surface area (Å²) >= 11 is 3.24. The van der Waals surface area contributed by atoms with E-state index in [2.05, 4.69) is 21.4 Å². The van der Waals surface area contributed by atoms with Gasteiger partial charge in [-0.05, 0) is 29.8 Å². The van der Waals surface area contributed by atoms with E-state index in [0.29, 0.717) is 21.5 Å². The highest BCUT2D eigenvalue weighted by Crippen LogP contribution is 2.33. The standard InChI is InChI=1S/C15H16BrFN2O2/c1-20-13-6-3-9(7-14(13)21-2)15(19-18)11-5-4-10(16)8-12(11)17/h3-8,15,19H,18H2,1-2H3. The van der Waals surface area contributed by atoms with Crippen LogP contribution in [0.3, 0.4) is 0 Å². The second kappa shape index (κ2) is 6.89. The third kappa shape index (κ3) is 3.34. The summed E-state index contributed by atoms with van der Waals surface area (Å²) in [6, 6.07) is 9.70. The number of rotatable bonds is 5. The van der Waals surface area contributed by atoms with E-state index in [1.54, 1.807) is 38.5 Å². The van der Waals surface area contributed by atoms with Crippen LogP contribution < -0.4 is 20.7 Å². The van der Waals surface area contributed by atoms with Gasteiger partial charge in [-0.2, -0.15) is 0 Å². The Hall–Kier alpha value is -1.63. The van der Waals surface area contributed by atoms with Crippen LogP contribution in [0.5, 0.6) is 11.5 Å². The van der Waals surface area contributed by atoms with E-state index in [1.165, 1.54) is 6.07 Å². The van der Waals surface area contributed by atoms with Gasteiger partial charge in [0.2, 0.25) is 0 Å². The van der Waals surface area contributed by atoms with Crippen molar-refractivity contribution in [2.24, 2.45) is 5.84 Å². The van der Waals surface area contributed by atoms with E-state index in [1.807, 2.05) is 6.07 Å². The molecule has 6 heteroatoms. The van der Waals surface area contributed by atoms with Crippen molar-refractivity contribution in [3.8, 4) is 11.5 Å². The van der Waals surface area contributed by atoms with Gasteiger partial charge in [0, 0.05) is 10.0 Å². The first-order valence-corrected chi connectivity index (χ1v) is 7.03. The number of hydrogen-bond acceptors (Lipinski definition) is 4. The maximum atomic E-state index is 14.1. The van der Waals surface area contributed by atoms with Crippen molar-refractivity contribution >= 4 is 15.9 Å². The second-order valence-electron chi connectivity index (χ2n) is 4.38. The number of benzene rings is 2. The first-order valence-electron chi connectivity index (χ1n) is 6.23. The van der Waals surface area contributed by atoms with Crippen molar-refractivity contribution in [1.82, 2.24) is 5.43 Å². The zero-order valence-corrected chi connectivity index (χ0v) is 13.3. The maximum Gasteiger partial charge on any atom is 0.161 e. The molecule has 2 rings (SSSR count). The van der Waals surface area contributed by atoms with Crippen LogP contribution in [0.1, 0.15) is 17.2 Å². The Labute approximate surface area is 131 Å². The lowest BCUT2D eigenvalue weighted by Gasteiger charge is -2.19. The Kier molecular flexibility index (Phi) is 5.17. The van der Waals surface area contributed by atoms with E-state index in [9.17, 15) is 4.39 Å². The summed E-state index contributed by atoms with van der Waals surface area (Å²) in [5.74, 6) is 6.43. The topological polar surface area (TPSA) is 56.5 Å². The second-order valence-corrected chi connectivity index (χ2v) is 5.30. The SMILES string of the molecule is COc1ccc(C(NN)c2ccc(Br)cc2F)cc1OC. The van der Waals surface area contributed by atoms with Gasteiger partial charge in [-0.25, -0.2) is 9.82 Å². The smallest absolute Gasteiger partial charge is 0.161 e. The average molecular weight is 355 g/mol. The number of hydrazine groups is 1. The number of hydrogen-bond donors (Lipinski definition) is 2. The summed E-state index contributed by atoms with van der Waals surface area (Å²) in [6.07, 6.45) is 0. The highest BCUT2D eigenvalue weighted by atomic mass is 79.9. The Bertz CT molecular complexity index is 637. The molecule has 0 radical (unpaired) electrons. The van der Waals surface area contributed by atoms with Crippen LogP contribution in [-0.2, 0) is 0 Å². The minimum atomic E-state index is -0.488. The predicted molar refractivity (Wildman–Crippen MR) is 82.8 cm³/mol. The predicted octanol–water partition coefficient (Wildman–Crippen LogP) is 3.16. The summed E-state index contributed by atoms with van der Waals surface area (Å²) in [5, 5.41) is 0. The number of ether oxygens (including phenoxy) is 2. The lowest BCUT2D eigenvalue weighted by Crippen LogP contribution is -2.29. The molecule has 0 spiro atoms. The molecule has 2 aromatic rings. The van der Waals surface area contributed by atoms with Crippen LogP contribution in [0, 0.1) is 5.82 Å². The van der Waals surface area contributed by atoms with E-state index in [0.717, 1.165) is 5.56 Å². The molecule has 3 N–H and O–H groups in total. The number of nitrogens with one attached hydrogen (secondary N) is 1. The monoisotopic (exact) mass is 354 g/mol. The molecule has 0 aromatic heterocycles. The molecule has 1 atom stereocenters. The van der Waals surface area contributed by atoms with E-state index in [4.69, 9.17) is 15.3 Å². The highest BCUT2D eigenvalue weighted by molar-refractivity contribution is 9.10. The minimum absolute atomic E-state index is 0.345. The molecule has 0 aliphatic rings. The maximum absolute atomic E-state index is 14.1. The molecule has 0 heterocycles. The molecule has 0 bridgehead atoms. The first kappa shape index (κ1) is 15.8. The lowest BCUT2D eigenvalue weighted by molar-refractivity contribution is 0.354. The van der Waals surface area contributed by atoms with E-state index in [-0.39, 0.29) is 5.82 Å². The quantitative estimate of drug-likeness (QED) is 0.639. The Morgan fingerprint density at radius 1 is 1.10 bits per heavy atom. The van der Waals surface area contributed by atoms with Gasteiger partial charge in [0.05, 0.1) is 20.3 Å². The highest BCUT2D eigenvalue weighted by Gasteiger charge is 2.18. The molecular formula is C15H16BrFN2O2. The Morgan fingerprint density at radius 2 is 1.81 bits per heavy atom. The fourth-order valence-corrected chi connectivity index (χ4v) is 2.47. The normalized spacial score (nSPS) is 12.0. The molecule has 0 aliphatic carbocycles. The van der Waals surface area contributed by atoms with E-state index >= 15 is 0 Å². The van der Waals surface area contributed by atoms with Crippen molar-refractivity contribution in [1.29, 1.82) is 0 Å². The van der Waals surface area contributed by atoms with Crippen molar-refractivity contribution in [2.45, 2.75) is 6.04 Å². The third-order valence-corrected chi connectivity index (χ3v) is 3.67.